The predicted molar refractivity (Wildman–Crippen MR) is 101 cm³/mol. The van der Waals surface area contributed by atoms with E-state index >= 15 is 0 Å². The van der Waals surface area contributed by atoms with Crippen molar-refractivity contribution in [1.29, 1.82) is 0 Å². The molecule has 0 amide bonds. The first-order valence-electron chi connectivity index (χ1n) is 7.30. The van der Waals surface area contributed by atoms with E-state index in [1.54, 1.807) is 0 Å². The first-order valence-corrected chi connectivity index (χ1v) is 8.64. The summed E-state index contributed by atoms with van der Waals surface area (Å²) in [5.41, 5.74) is 1.80. The van der Waals surface area contributed by atoms with Crippen LogP contribution in [0.25, 0.3) is 0 Å². The van der Waals surface area contributed by atoms with Crippen LogP contribution >= 0.6 is 7.92 Å². The fraction of sp³-hybridized carbons (Fsp3) is 0. The second kappa shape index (κ2) is 6.98. The molecule has 0 heterocycles. The van der Waals surface area contributed by atoms with Gasteiger partial charge in [-0.25, -0.2) is 0 Å². The van der Waals surface area contributed by atoms with Crippen LogP contribution in [0.1, 0.15) is 11.1 Å². The highest BCUT2D eigenvalue weighted by Gasteiger charge is 2.16. The van der Waals surface area contributed by atoms with Gasteiger partial charge in [0.2, 0.25) is 0 Å². The second-order valence-electron chi connectivity index (χ2n) is 5.06. The molecule has 0 saturated heterocycles. The summed E-state index contributed by atoms with van der Waals surface area (Å²) in [5, 5.41) is 3.75. The van der Waals surface area contributed by atoms with Crippen LogP contribution in [0, 0.1) is 24.7 Å². The number of rotatable bonds is 3. The van der Waals surface area contributed by atoms with Gasteiger partial charge in [-0.2, -0.15) is 0 Å². The average Bonchev–Trinajstić information content (AvgIpc) is 2.63. The van der Waals surface area contributed by atoms with Crippen LogP contribution in [0.4, 0.5) is 0 Å². The Morgan fingerprint density at radius 2 is 1.04 bits per heavy atom. The van der Waals surface area contributed by atoms with Crippen molar-refractivity contribution in [3.05, 3.63) is 90.0 Å². The lowest BCUT2D eigenvalue weighted by atomic mass is 10.2. The van der Waals surface area contributed by atoms with E-state index in [2.05, 4.69) is 60.4 Å². The van der Waals surface area contributed by atoms with Crippen LogP contribution in [0.3, 0.4) is 0 Å². The summed E-state index contributed by atoms with van der Waals surface area (Å²) in [6.45, 7) is 0. The summed E-state index contributed by atoms with van der Waals surface area (Å²) < 4.78 is 0. The quantitative estimate of drug-likeness (QED) is 0.514. The number of terminal acetylenes is 2. The first kappa shape index (κ1) is 15.1. The van der Waals surface area contributed by atoms with Crippen LogP contribution in [0.5, 0.6) is 0 Å². The lowest BCUT2D eigenvalue weighted by molar-refractivity contribution is 1.68. The molecule has 0 fully saturated rings. The summed E-state index contributed by atoms with van der Waals surface area (Å²) in [4.78, 5) is 0. The van der Waals surface area contributed by atoms with Crippen molar-refractivity contribution in [3.63, 3.8) is 0 Å². The van der Waals surface area contributed by atoms with Gasteiger partial charge in [-0.1, -0.05) is 66.4 Å². The van der Waals surface area contributed by atoms with Gasteiger partial charge < -0.3 is 0 Å². The Morgan fingerprint density at radius 1 is 0.565 bits per heavy atom. The highest BCUT2D eigenvalue weighted by molar-refractivity contribution is 7.79. The molecule has 0 radical (unpaired) electrons. The van der Waals surface area contributed by atoms with E-state index in [0.29, 0.717) is 0 Å². The van der Waals surface area contributed by atoms with Gasteiger partial charge in [0.25, 0.3) is 0 Å². The molecule has 0 nitrogen and oxygen atoms in total. The maximum Gasteiger partial charge on any atom is 0.0249 e. The fourth-order valence-corrected chi connectivity index (χ4v) is 4.87. The Hall–Kier alpha value is -2.79. The molecule has 23 heavy (non-hydrogen) atoms. The first-order chi connectivity index (χ1) is 11.3. The predicted octanol–water partition coefficient (Wildman–Crippen LogP) is 3.41. The van der Waals surface area contributed by atoms with E-state index in [-0.39, 0.29) is 0 Å². The molecule has 1 heteroatoms. The van der Waals surface area contributed by atoms with E-state index in [0.717, 1.165) is 11.1 Å². The Labute approximate surface area is 139 Å². The molecule has 3 aromatic carbocycles. The van der Waals surface area contributed by atoms with E-state index in [1.165, 1.54) is 15.9 Å². The van der Waals surface area contributed by atoms with Gasteiger partial charge in [-0.15, -0.1) is 12.8 Å². The molecular formula is C22H15P. The van der Waals surface area contributed by atoms with Crippen molar-refractivity contribution in [2.45, 2.75) is 0 Å². The fourth-order valence-electron chi connectivity index (χ4n) is 2.49. The van der Waals surface area contributed by atoms with E-state index in [9.17, 15) is 0 Å². The molecule has 0 aliphatic heterocycles. The third-order valence-electron chi connectivity index (χ3n) is 3.56. The van der Waals surface area contributed by atoms with Gasteiger partial charge in [-0.3, -0.25) is 0 Å². The minimum Gasteiger partial charge on any atom is -0.115 e. The Balaban J connectivity index is 2.18. The lowest BCUT2D eigenvalue weighted by Gasteiger charge is -2.19. The van der Waals surface area contributed by atoms with Gasteiger partial charge in [0, 0.05) is 11.1 Å². The van der Waals surface area contributed by atoms with Crippen LogP contribution in [0.15, 0.2) is 78.9 Å². The summed E-state index contributed by atoms with van der Waals surface area (Å²) in [5.74, 6) is 5.45. The summed E-state index contributed by atoms with van der Waals surface area (Å²) >= 11 is 0. The van der Waals surface area contributed by atoms with E-state index < -0.39 is 7.92 Å². The van der Waals surface area contributed by atoms with E-state index in [1.807, 2.05) is 30.3 Å². The van der Waals surface area contributed by atoms with E-state index in [4.69, 9.17) is 12.8 Å². The van der Waals surface area contributed by atoms with Gasteiger partial charge in [0.15, 0.2) is 0 Å². The minimum absolute atomic E-state index is 0.681. The van der Waals surface area contributed by atoms with Gasteiger partial charge in [-0.05, 0) is 48.1 Å². The summed E-state index contributed by atoms with van der Waals surface area (Å²) in [7, 11) is -0.681. The minimum atomic E-state index is -0.681. The Kier molecular flexibility index (Phi) is 4.59. The standard InChI is InChI=1S/C22H15P/c1-3-18-10-8-14-21(16-18)23(20-12-6-5-7-13-20)22-15-9-11-19(4-2)17-22/h1-2,5-17H. The SMILES string of the molecule is C#Cc1cccc(P(c2ccccc2)c2cccc(C#C)c2)c1. The molecule has 0 saturated carbocycles. The maximum atomic E-state index is 5.57. The molecule has 0 N–H and O–H groups in total. The summed E-state index contributed by atoms with van der Waals surface area (Å²) in [6.07, 6.45) is 11.1. The zero-order valence-electron chi connectivity index (χ0n) is 12.6. The zero-order chi connectivity index (χ0) is 16.1. The van der Waals surface area contributed by atoms with Crippen LogP contribution in [-0.2, 0) is 0 Å². The van der Waals surface area contributed by atoms with Crippen molar-refractivity contribution in [1.82, 2.24) is 0 Å². The normalized spacial score (nSPS) is 10.0. The number of benzene rings is 3. The Bertz CT molecular complexity index is 838. The highest BCUT2D eigenvalue weighted by atomic mass is 31.1. The lowest BCUT2D eigenvalue weighted by Crippen LogP contribution is -2.21. The molecular weight excluding hydrogens is 295 g/mol. The molecule has 108 valence electrons. The largest absolute Gasteiger partial charge is 0.115 e. The zero-order valence-corrected chi connectivity index (χ0v) is 13.5. The molecule has 3 aromatic rings. The summed E-state index contributed by atoms with van der Waals surface area (Å²) in [6, 6.07) is 26.9. The van der Waals surface area contributed by atoms with Crippen molar-refractivity contribution in [2.75, 3.05) is 0 Å². The molecule has 3 rings (SSSR count). The van der Waals surface area contributed by atoms with Gasteiger partial charge in [0.1, 0.15) is 0 Å². The highest BCUT2D eigenvalue weighted by Crippen LogP contribution is 2.33. The topological polar surface area (TPSA) is 0 Å². The maximum absolute atomic E-state index is 5.57. The van der Waals surface area contributed by atoms with Crippen LogP contribution < -0.4 is 15.9 Å². The van der Waals surface area contributed by atoms with Crippen LogP contribution in [0.2, 0.25) is 0 Å². The van der Waals surface area contributed by atoms with Gasteiger partial charge >= 0.3 is 0 Å². The van der Waals surface area contributed by atoms with Crippen molar-refractivity contribution >= 4 is 23.8 Å². The van der Waals surface area contributed by atoms with Crippen molar-refractivity contribution in [2.24, 2.45) is 0 Å². The van der Waals surface area contributed by atoms with Crippen LogP contribution in [-0.4, -0.2) is 0 Å². The van der Waals surface area contributed by atoms with Gasteiger partial charge in [0.05, 0.1) is 0 Å². The molecule has 0 aliphatic rings. The molecule has 0 bridgehead atoms. The van der Waals surface area contributed by atoms with Crippen molar-refractivity contribution < 1.29 is 0 Å². The Morgan fingerprint density at radius 3 is 1.52 bits per heavy atom. The third-order valence-corrected chi connectivity index (χ3v) is 5.96. The number of hydrogen-bond donors (Lipinski definition) is 0. The molecule has 0 aliphatic carbocycles. The van der Waals surface area contributed by atoms with Crippen molar-refractivity contribution in [3.8, 4) is 24.7 Å². The molecule has 0 unspecified atom stereocenters. The second-order valence-corrected chi connectivity index (χ2v) is 7.28. The molecule has 0 atom stereocenters. The molecule has 0 aromatic heterocycles. The average molecular weight is 310 g/mol. The number of hydrogen-bond acceptors (Lipinski definition) is 0. The molecule has 0 spiro atoms. The third kappa shape index (κ3) is 3.35. The smallest absolute Gasteiger partial charge is 0.0249 e. The monoisotopic (exact) mass is 310 g/mol.